The third-order valence-corrected chi connectivity index (χ3v) is 9.34. The summed E-state index contributed by atoms with van der Waals surface area (Å²) in [4.78, 5) is 34.8. The Bertz CT molecular complexity index is 1210. The highest BCUT2D eigenvalue weighted by Gasteiger charge is 2.25. The van der Waals surface area contributed by atoms with Gasteiger partial charge in [-0.25, -0.2) is 4.57 Å². The van der Waals surface area contributed by atoms with Crippen LogP contribution >= 0.6 is 7.82 Å². The number of nitrogens with two attached hydrogens (primary N) is 1. The van der Waals surface area contributed by atoms with Crippen LogP contribution in [-0.2, 0) is 32.7 Å². The van der Waals surface area contributed by atoms with E-state index in [0.29, 0.717) is 19.3 Å². The lowest BCUT2D eigenvalue weighted by atomic mass is 10.1. The second-order valence-electron chi connectivity index (χ2n) is 13.7. The second-order valence-corrected chi connectivity index (χ2v) is 15.1. The van der Waals surface area contributed by atoms with Crippen molar-refractivity contribution in [2.45, 2.75) is 161 Å². The zero-order valence-corrected chi connectivity index (χ0v) is 35.6. The first kappa shape index (κ1) is 53.1. The van der Waals surface area contributed by atoms with Crippen molar-refractivity contribution in [2.24, 2.45) is 5.73 Å². The van der Waals surface area contributed by atoms with E-state index < -0.39 is 38.6 Å². The maximum Gasteiger partial charge on any atom is 0.472 e. The third-order valence-electron chi connectivity index (χ3n) is 8.36. The number of rotatable bonds is 38. The van der Waals surface area contributed by atoms with Gasteiger partial charge < -0.3 is 25.2 Å². The van der Waals surface area contributed by atoms with Crippen molar-refractivity contribution in [3.63, 3.8) is 0 Å². The van der Waals surface area contributed by atoms with Crippen LogP contribution in [0.4, 0.5) is 0 Å². The summed E-state index contributed by atoms with van der Waals surface area (Å²) in [5.41, 5.74) is 5.33. The minimum atomic E-state index is -4.43. The minimum Gasteiger partial charge on any atom is -0.462 e. The Morgan fingerprint density at radius 1 is 0.643 bits per heavy atom. The molecular weight excluding hydrogens is 729 g/mol. The van der Waals surface area contributed by atoms with E-state index in [0.717, 1.165) is 51.4 Å². The van der Waals surface area contributed by atoms with Crippen LogP contribution in [-0.4, -0.2) is 60.5 Å². The molecule has 0 aliphatic rings. The summed E-state index contributed by atoms with van der Waals surface area (Å²) in [5.74, 6) is -1.02. The molecule has 11 heteroatoms. The summed E-state index contributed by atoms with van der Waals surface area (Å²) < 4.78 is 32.6. The Labute approximate surface area is 339 Å². The predicted octanol–water partition coefficient (Wildman–Crippen LogP) is 11.0. The van der Waals surface area contributed by atoms with Crippen LogP contribution in [0.25, 0.3) is 0 Å². The number of carbonyl (C=O) groups is 2. The molecule has 0 aliphatic heterocycles. The summed E-state index contributed by atoms with van der Waals surface area (Å²) >= 11 is 0. The molecule has 56 heavy (non-hydrogen) atoms. The molecule has 0 saturated heterocycles. The number of carbonyl (C=O) groups excluding carboxylic acids is 2. The molecule has 0 bridgehead atoms. The van der Waals surface area contributed by atoms with Crippen molar-refractivity contribution in [3.05, 3.63) is 85.1 Å². The van der Waals surface area contributed by atoms with Crippen molar-refractivity contribution in [2.75, 3.05) is 26.4 Å². The van der Waals surface area contributed by atoms with Gasteiger partial charge in [0.2, 0.25) is 0 Å². The summed E-state index contributed by atoms with van der Waals surface area (Å²) in [6, 6.07) is 0. The molecule has 0 aromatic rings. The smallest absolute Gasteiger partial charge is 0.462 e. The molecular formula is C45H76NO9P. The van der Waals surface area contributed by atoms with E-state index in [1.807, 2.05) is 18.2 Å². The fraction of sp³-hybridized carbons (Fsp3) is 0.644. The third kappa shape index (κ3) is 39.4. The molecule has 0 rings (SSSR count). The van der Waals surface area contributed by atoms with E-state index >= 15 is 0 Å². The van der Waals surface area contributed by atoms with E-state index in [-0.39, 0.29) is 32.6 Å². The number of allylic oxidation sites excluding steroid dienone is 12. The molecule has 0 aliphatic carbocycles. The molecule has 4 N–H and O–H groups in total. The lowest BCUT2D eigenvalue weighted by molar-refractivity contribution is -0.161. The van der Waals surface area contributed by atoms with Crippen molar-refractivity contribution in [1.82, 2.24) is 0 Å². The fourth-order valence-corrected chi connectivity index (χ4v) is 5.97. The van der Waals surface area contributed by atoms with Crippen LogP contribution in [0.1, 0.15) is 149 Å². The van der Waals surface area contributed by atoms with Gasteiger partial charge in [0.25, 0.3) is 0 Å². The van der Waals surface area contributed by atoms with E-state index in [1.165, 1.54) is 51.4 Å². The normalized spacial score (nSPS) is 14.7. The number of esters is 2. The van der Waals surface area contributed by atoms with Crippen LogP contribution in [0, 0.1) is 0 Å². The molecule has 2 unspecified atom stereocenters. The van der Waals surface area contributed by atoms with Gasteiger partial charge in [0.1, 0.15) is 6.61 Å². The molecule has 320 valence electrons. The average Bonchev–Trinajstić information content (AvgIpc) is 3.18. The molecule has 0 amide bonds. The highest BCUT2D eigenvalue weighted by atomic mass is 31.2. The minimum absolute atomic E-state index is 0.0190. The standard InChI is InChI=1S/C45H76NO9P/c1-3-5-7-9-11-13-15-17-18-20-22-24-26-28-32-36-44(48)52-40-43(41-54-56(50,51)53-39-38-46)55-45(49)37-33-29-31-35-42(47)34-30-27-25-23-21-19-16-14-12-10-8-6-4-2/h6,8,12-15,19,21,25,27,29-31,34,42-43,47H,3-5,7,9-11,16-18,20,22-24,26,28,32-33,35-41,46H2,1-2H3,(H,50,51)/b8-6-,14-12-,15-13-,21-19-,27-25-,31-29-,34-30-/t42?,43-/m1/s1. The van der Waals surface area contributed by atoms with Crippen molar-refractivity contribution >= 4 is 19.8 Å². The van der Waals surface area contributed by atoms with E-state index in [4.69, 9.17) is 24.3 Å². The van der Waals surface area contributed by atoms with Gasteiger partial charge in [-0.05, 0) is 70.6 Å². The van der Waals surface area contributed by atoms with E-state index in [2.05, 4.69) is 62.5 Å². The van der Waals surface area contributed by atoms with Crippen LogP contribution in [0.3, 0.4) is 0 Å². The maximum atomic E-state index is 12.6. The van der Waals surface area contributed by atoms with Gasteiger partial charge in [-0.2, -0.15) is 0 Å². The SMILES string of the molecule is CC/C=C\C/C=C\C/C=C\C/C=C\C=C/C(O)C/C=C\CCC(=O)O[C@H](COC(=O)CCCCCCCCC/C=C\CCCCCC)COP(=O)(O)OCCN. The highest BCUT2D eigenvalue weighted by Crippen LogP contribution is 2.43. The molecule has 0 aromatic carbocycles. The Morgan fingerprint density at radius 3 is 1.88 bits per heavy atom. The quantitative estimate of drug-likeness (QED) is 0.0180. The van der Waals surface area contributed by atoms with Gasteiger partial charge in [0.05, 0.1) is 19.3 Å². The van der Waals surface area contributed by atoms with E-state index in [1.54, 1.807) is 18.2 Å². The van der Waals surface area contributed by atoms with Crippen LogP contribution < -0.4 is 5.73 Å². The van der Waals surface area contributed by atoms with Gasteiger partial charge in [-0.1, -0.05) is 150 Å². The Balaban J connectivity index is 4.42. The number of phosphoric acid groups is 1. The Hall–Kier alpha value is -2.85. The maximum absolute atomic E-state index is 12.6. The molecule has 0 spiro atoms. The first-order chi connectivity index (χ1) is 27.2. The summed E-state index contributed by atoms with van der Waals surface area (Å²) in [7, 11) is -4.43. The zero-order chi connectivity index (χ0) is 41.2. The Kier molecular flexibility index (Phi) is 38.3. The average molecular weight is 806 g/mol. The lowest BCUT2D eigenvalue weighted by Crippen LogP contribution is -2.29. The molecule has 0 aromatic heterocycles. The summed E-state index contributed by atoms with van der Waals surface area (Å²) in [6.07, 6.45) is 46.5. The highest BCUT2D eigenvalue weighted by molar-refractivity contribution is 7.47. The largest absolute Gasteiger partial charge is 0.472 e. The van der Waals surface area contributed by atoms with Crippen molar-refractivity contribution in [1.29, 1.82) is 0 Å². The van der Waals surface area contributed by atoms with Gasteiger partial charge in [-0.3, -0.25) is 18.6 Å². The predicted molar refractivity (Wildman–Crippen MR) is 230 cm³/mol. The van der Waals surface area contributed by atoms with Gasteiger partial charge >= 0.3 is 19.8 Å². The summed E-state index contributed by atoms with van der Waals surface area (Å²) in [5, 5.41) is 10.2. The van der Waals surface area contributed by atoms with Crippen LogP contribution in [0.5, 0.6) is 0 Å². The Morgan fingerprint density at radius 2 is 1.23 bits per heavy atom. The van der Waals surface area contributed by atoms with Gasteiger partial charge in [-0.15, -0.1) is 0 Å². The first-order valence-corrected chi connectivity index (χ1v) is 22.7. The first-order valence-electron chi connectivity index (χ1n) is 21.2. The summed E-state index contributed by atoms with van der Waals surface area (Å²) in [6.45, 7) is 3.37. The molecule has 0 saturated carbocycles. The molecule has 0 radical (unpaired) electrons. The number of hydrogen-bond acceptors (Lipinski definition) is 9. The number of hydrogen-bond donors (Lipinski definition) is 3. The van der Waals surface area contributed by atoms with Gasteiger partial charge in [0.15, 0.2) is 6.10 Å². The number of unbranched alkanes of at least 4 members (excludes halogenated alkanes) is 11. The van der Waals surface area contributed by atoms with Crippen LogP contribution in [0.2, 0.25) is 0 Å². The van der Waals surface area contributed by atoms with Gasteiger partial charge in [0, 0.05) is 19.4 Å². The number of aliphatic hydroxyl groups is 1. The van der Waals surface area contributed by atoms with Crippen molar-refractivity contribution < 1.29 is 42.7 Å². The molecule has 0 fully saturated rings. The second kappa shape index (κ2) is 40.4. The van der Waals surface area contributed by atoms with Crippen LogP contribution in [0.15, 0.2) is 85.1 Å². The lowest BCUT2D eigenvalue weighted by Gasteiger charge is -2.19. The number of phosphoric ester groups is 1. The number of ether oxygens (including phenoxy) is 2. The monoisotopic (exact) mass is 806 g/mol. The molecule has 3 atom stereocenters. The van der Waals surface area contributed by atoms with Crippen molar-refractivity contribution in [3.8, 4) is 0 Å². The topological polar surface area (TPSA) is 155 Å². The molecule has 10 nitrogen and oxygen atoms in total. The van der Waals surface area contributed by atoms with E-state index in [9.17, 15) is 24.2 Å². The zero-order valence-electron chi connectivity index (χ0n) is 34.7. The molecule has 0 heterocycles. The number of aliphatic hydroxyl groups excluding tert-OH is 1. The fourth-order valence-electron chi connectivity index (χ4n) is 5.21.